The van der Waals surface area contributed by atoms with Crippen LogP contribution in [0.2, 0.25) is 0 Å². The molecule has 0 heterocycles. The molecule has 0 bridgehead atoms. The van der Waals surface area contributed by atoms with Gasteiger partial charge in [-0.15, -0.1) is 0 Å². The smallest absolute Gasteiger partial charge is 0.410 e. The molecular formula is C15H16N2O2. The highest BCUT2D eigenvalue weighted by Gasteiger charge is 2.08. The molecular weight excluding hydrogens is 240 g/mol. The van der Waals surface area contributed by atoms with E-state index in [1.54, 1.807) is 24.3 Å². The summed E-state index contributed by atoms with van der Waals surface area (Å²) in [5, 5.41) is 2.64. The van der Waals surface area contributed by atoms with Crippen LogP contribution in [-0.2, 0) is 0 Å². The summed E-state index contributed by atoms with van der Waals surface area (Å²) in [6.07, 6.45) is -0.502. The number of hydrogen-bond acceptors (Lipinski definition) is 3. The Morgan fingerprint density at radius 3 is 2.26 bits per heavy atom. The summed E-state index contributed by atoms with van der Waals surface area (Å²) < 4.78 is 5.10. The Bertz CT molecular complexity index is 514. The van der Waals surface area contributed by atoms with Gasteiger partial charge >= 0.3 is 6.09 Å². The fourth-order valence-electron chi connectivity index (χ4n) is 1.64. The van der Waals surface area contributed by atoms with Crippen molar-refractivity contribution in [2.24, 2.45) is 5.73 Å². The van der Waals surface area contributed by atoms with Crippen molar-refractivity contribution in [2.45, 2.75) is 6.04 Å². The van der Waals surface area contributed by atoms with Crippen LogP contribution in [0.1, 0.15) is 11.6 Å². The molecule has 1 amide bonds. The number of rotatable bonds is 4. The van der Waals surface area contributed by atoms with Crippen molar-refractivity contribution in [2.75, 3.05) is 6.54 Å². The van der Waals surface area contributed by atoms with E-state index in [4.69, 9.17) is 10.5 Å². The fourth-order valence-corrected chi connectivity index (χ4v) is 1.64. The van der Waals surface area contributed by atoms with Crippen molar-refractivity contribution in [3.05, 3.63) is 66.2 Å². The highest BCUT2D eigenvalue weighted by Crippen LogP contribution is 2.10. The first-order valence-corrected chi connectivity index (χ1v) is 6.07. The molecule has 1 unspecified atom stereocenters. The topological polar surface area (TPSA) is 64.3 Å². The van der Waals surface area contributed by atoms with Gasteiger partial charge < -0.3 is 15.8 Å². The number of amides is 1. The lowest BCUT2D eigenvalue weighted by atomic mass is 10.1. The number of hydrogen-bond donors (Lipinski definition) is 2. The van der Waals surface area contributed by atoms with Gasteiger partial charge in [0.2, 0.25) is 0 Å². The van der Waals surface area contributed by atoms with E-state index in [1.807, 2.05) is 36.4 Å². The van der Waals surface area contributed by atoms with E-state index in [0.717, 1.165) is 5.56 Å². The van der Waals surface area contributed by atoms with Crippen LogP contribution in [0.4, 0.5) is 4.79 Å². The van der Waals surface area contributed by atoms with Crippen LogP contribution in [0, 0.1) is 0 Å². The molecule has 4 heteroatoms. The molecule has 2 aromatic carbocycles. The number of nitrogens with two attached hydrogens (primary N) is 1. The SMILES string of the molecule is NC(CNC(=O)Oc1ccccc1)c1ccccc1. The number of carbonyl (C=O) groups is 1. The van der Waals surface area contributed by atoms with Gasteiger partial charge in [0, 0.05) is 12.6 Å². The van der Waals surface area contributed by atoms with E-state index in [1.165, 1.54) is 0 Å². The maximum atomic E-state index is 11.6. The molecule has 2 rings (SSSR count). The molecule has 4 nitrogen and oxygen atoms in total. The van der Waals surface area contributed by atoms with Crippen molar-refractivity contribution >= 4 is 6.09 Å². The second-order valence-electron chi connectivity index (χ2n) is 4.10. The molecule has 0 fully saturated rings. The molecule has 2 aromatic rings. The van der Waals surface area contributed by atoms with Crippen LogP contribution in [0.15, 0.2) is 60.7 Å². The van der Waals surface area contributed by atoms with Gasteiger partial charge in [-0.05, 0) is 17.7 Å². The van der Waals surface area contributed by atoms with E-state index in [9.17, 15) is 4.79 Å². The zero-order valence-corrected chi connectivity index (χ0v) is 10.5. The first-order valence-electron chi connectivity index (χ1n) is 6.07. The first-order chi connectivity index (χ1) is 9.25. The lowest BCUT2D eigenvalue weighted by Gasteiger charge is -2.13. The minimum Gasteiger partial charge on any atom is -0.410 e. The highest BCUT2D eigenvalue weighted by molar-refractivity contribution is 5.70. The molecule has 98 valence electrons. The summed E-state index contributed by atoms with van der Waals surface area (Å²) in [7, 11) is 0. The average Bonchev–Trinajstić information content (AvgIpc) is 2.47. The average molecular weight is 256 g/mol. The number of ether oxygens (including phenoxy) is 1. The van der Waals surface area contributed by atoms with Crippen LogP contribution >= 0.6 is 0 Å². The minimum atomic E-state index is -0.502. The molecule has 0 radical (unpaired) electrons. The lowest BCUT2D eigenvalue weighted by Crippen LogP contribution is -2.33. The third-order valence-corrected chi connectivity index (χ3v) is 2.65. The van der Waals surface area contributed by atoms with Crippen molar-refractivity contribution in [1.82, 2.24) is 5.32 Å². The molecule has 1 atom stereocenters. The number of carbonyl (C=O) groups excluding carboxylic acids is 1. The standard InChI is InChI=1S/C15H16N2O2/c16-14(12-7-3-1-4-8-12)11-17-15(18)19-13-9-5-2-6-10-13/h1-10,14H,11,16H2,(H,17,18). The van der Waals surface area contributed by atoms with E-state index in [2.05, 4.69) is 5.32 Å². The predicted molar refractivity (Wildman–Crippen MR) is 73.8 cm³/mol. The Morgan fingerprint density at radius 1 is 1.05 bits per heavy atom. The number of nitrogens with one attached hydrogen (secondary N) is 1. The van der Waals surface area contributed by atoms with Gasteiger partial charge in [0.15, 0.2) is 0 Å². The Labute approximate surface area is 112 Å². The molecule has 3 N–H and O–H groups in total. The van der Waals surface area contributed by atoms with Crippen LogP contribution < -0.4 is 15.8 Å². The van der Waals surface area contributed by atoms with Crippen LogP contribution in [0.3, 0.4) is 0 Å². The second kappa shape index (κ2) is 6.56. The third-order valence-electron chi connectivity index (χ3n) is 2.65. The quantitative estimate of drug-likeness (QED) is 0.883. The van der Waals surface area contributed by atoms with Gasteiger partial charge in [0.25, 0.3) is 0 Å². The monoisotopic (exact) mass is 256 g/mol. The molecule has 0 saturated carbocycles. The van der Waals surface area contributed by atoms with Crippen molar-refractivity contribution < 1.29 is 9.53 Å². The van der Waals surface area contributed by atoms with E-state index in [-0.39, 0.29) is 6.04 Å². The molecule has 0 spiro atoms. The van der Waals surface area contributed by atoms with E-state index in [0.29, 0.717) is 12.3 Å². The van der Waals surface area contributed by atoms with Gasteiger partial charge in [-0.2, -0.15) is 0 Å². The molecule has 19 heavy (non-hydrogen) atoms. The summed E-state index contributed by atoms with van der Waals surface area (Å²) in [4.78, 5) is 11.6. The zero-order valence-electron chi connectivity index (χ0n) is 10.5. The normalized spacial score (nSPS) is 11.6. The minimum absolute atomic E-state index is 0.246. The first kappa shape index (κ1) is 13.1. The maximum Gasteiger partial charge on any atom is 0.412 e. The summed E-state index contributed by atoms with van der Waals surface area (Å²) in [6.45, 7) is 0.329. The van der Waals surface area contributed by atoms with E-state index >= 15 is 0 Å². The Hall–Kier alpha value is -2.33. The summed E-state index contributed by atoms with van der Waals surface area (Å²) in [5.41, 5.74) is 6.94. The molecule has 0 aromatic heterocycles. The summed E-state index contributed by atoms with van der Waals surface area (Å²) in [5.74, 6) is 0.508. The Balaban J connectivity index is 1.81. The number of benzene rings is 2. The molecule has 0 aliphatic carbocycles. The lowest BCUT2D eigenvalue weighted by molar-refractivity contribution is 0.200. The Morgan fingerprint density at radius 2 is 1.63 bits per heavy atom. The third kappa shape index (κ3) is 4.12. The largest absolute Gasteiger partial charge is 0.412 e. The van der Waals surface area contributed by atoms with Gasteiger partial charge in [0.05, 0.1) is 0 Å². The van der Waals surface area contributed by atoms with E-state index < -0.39 is 6.09 Å². The van der Waals surface area contributed by atoms with Gasteiger partial charge in [-0.3, -0.25) is 0 Å². The molecule has 0 saturated heterocycles. The van der Waals surface area contributed by atoms with Gasteiger partial charge in [-0.1, -0.05) is 48.5 Å². The second-order valence-corrected chi connectivity index (χ2v) is 4.10. The van der Waals surface area contributed by atoms with Crippen molar-refractivity contribution in [3.63, 3.8) is 0 Å². The fraction of sp³-hybridized carbons (Fsp3) is 0.133. The summed E-state index contributed by atoms with van der Waals surface area (Å²) >= 11 is 0. The zero-order chi connectivity index (χ0) is 13.5. The highest BCUT2D eigenvalue weighted by atomic mass is 16.6. The molecule has 0 aliphatic heterocycles. The van der Waals surface area contributed by atoms with Crippen molar-refractivity contribution in [1.29, 1.82) is 0 Å². The van der Waals surface area contributed by atoms with Crippen molar-refractivity contribution in [3.8, 4) is 5.75 Å². The van der Waals surface area contributed by atoms with Gasteiger partial charge in [0.1, 0.15) is 5.75 Å². The van der Waals surface area contributed by atoms with Crippen LogP contribution in [0.25, 0.3) is 0 Å². The Kier molecular flexibility index (Phi) is 4.53. The summed E-state index contributed by atoms with van der Waals surface area (Å²) in [6, 6.07) is 18.3. The molecule has 0 aliphatic rings. The van der Waals surface area contributed by atoms with Crippen LogP contribution in [0.5, 0.6) is 5.75 Å². The number of para-hydroxylation sites is 1. The maximum absolute atomic E-state index is 11.6. The van der Waals surface area contributed by atoms with Crippen LogP contribution in [-0.4, -0.2) is 12.6 Å². The van der Waals surface area contributed by atoms with Gasteiger partial charge in [-0.25, -0.2) is 4.79 Å². The predicted octanol–water partition coefficient (Wildman–Crippen LogP) is 2.48.